The SMILES string of the molecule is CC(C)N1CC(CNS(=O)(=O)c2cccc([N+](=O)[O-])c2)CC1=O. The van der Waals surface area contributed by atoms with Crippen molar-refractivity contribution in [2.24, 2.45) is 5.92 Å². The number of hydrogen-bond acceptors (Lipinski definition) is 5. The summed E-state index contributed by atoms with van der Waals surface area (Å²) < 4.78 is 26.9. The van der Waals surface area contributed by atoms with E-state index >= 15 is 0 Å². The van der Waals surface area contributed by atoms with Crippen molar-refractivity contribution in [3.63, 3.8) is 0 Å². The van der Waals surface area contributed by atoms with Gasteiger partial charge in [-0.2, -0.15) is 0 Å². The van der Waals surface area contributed by atoms with Crippen LogP contribution in [-0.2, 0) is 14.8 Å². The summed E-state index contributed by atoms with van der Waals surface area (Å²) in [5.41, 5.74) is -0.282. The molecular weight excluding hydrogens is 322 g/mol. The number of amides is 1. The number of rotatable bonds is 6. The number of nitro groups is 1. The zero-order valence-corrected chi connectivity index (χ0v) is 13.7. The van der Waals surface area contributed by atoms with E-state index in [0.717, 1.165) is 6.07 Å². The van der Waals surface area contributed by atoms with Gasteiger partial charge in [-0.1, -0.05) is 6.07 Å². The van der Waals surface area contributed by atoms with Gasteiger partial charge in [-0.15, -0.1) is 0 Å². The monoisotopic (exact) mass is 341 g/mol. The van der Waals surface area contributed by atoms with Crippen LogP contribution in [-0.4, -0.2) is 43.3 Å². The molecule has 1 atom stereocenters. The van der Waals surface area contributed by atoms with E-state index in [2.05, 4.69) is 4.72 Å². The standard InChI is InChI=1S/C14H19N3O5S/c1-10(2)16-9-11(6-14(16)18)8-15-23(21,22)13-5-3-4-12(7-13)17(19)20/h3-5,7,10-11,15H,6,8-9H2,1-2H3. The quantitative estimate of drug-likeness (QED) is 0.616. The number of nitro benzene ring substituents is 1. The first-order valence-electron chi connectivity index (χ1n) is 7.24. The van der Waals surface area contributed by atoms with Gasteiger partial charge in [0.2, 0.25) is 15.9 Å². The van der Waals surface area contributed by atoms with Crippen LogP contribution in [0.3, 0.4) is 0 Å². The van der Waals surface area contributed by atoms with E-state index in [1.807, 2.05) is 13.8 Å². The Hall–Kier alpha value is -2.00. The number of nitrogens with zero attached hydrogens (tertiary/aromatic N) is 2. The van der Waals surface area contributed by atoms with E-state index in [1.165, 1.54) is 18.2 Å². The normalized spacial score (nSPS) is 18.7. The fourth-order valence-electron chi connectivity index (χ4n) is 2.52. The van der Waals surface area contributed by atoms with Gasteiger partial charge in [0.1, 0.15) is 0 Å². The third-order valence-corrected chi connectivity index (χ3v) is 5.18. The molecule has 1 unspecified atom stereocenters. The summed E-state index contributed by atoms with van der Waals surface area (Å²) in [5, 5.41) is 10.7. The number of hydrogen-bond donors (Lipinski definition) is 1. The van der Waals surface area contributed by atoms with Gasteiger partial charge in [0.25, 0.3) is 5.69 Å². The third-order valence-electron chi connectivity index (χ3n) is 3.76. The molecule has 0 bridgehead atoms. The minimum Gasteiger partial charge on any atom is -0.340 e. The van der Waals surface area contributed by atoms with Crippen LogP contribution in [0.5, 0.6) is 0 Å². The van der Waals surface area contributed by atoms with Gasteiger partial charge >= 0.3 is 0 Å². The highest BCUT2D eigenvalue weighted by Crippen LogP contribution is 2.21. The fourth-order valence-corrected chi connectivity index (χ4v) is 3.67. The van der Waals surface area contributed by atoms with Crippen molar-refractivity contribution in [2.75, 3.05) is 13.1 Å². The minimum atomic E-state index is -3.84. The molecule has 0 saturated carbocycles. The fraction of sp³-hybridized carbons (Fsp3) is 0.500. The number of sulfonamides is 1. The molecule has 0 spiro atoms. The molecule has 8 nitrogen and oxygen atoms in total. The van der Waals surface area contributed by atoms with Crippen molar-refractivity contribution in [1.29, 1.82) is 0 Å². The van der Waals surface area contributed by atoms with Crippen molar-refractivity contribution >= 4 is 21.6 Å². The summed E-state index contributed by atoms with van der Waals surface area (Å²) in [7, 11) is -3.84. The Morgan fingerprint density at radius 2 is 2.13 bits per heavy atom. The zero-order valence-electron chi connectivity index (χ0n) is 12.9. The summed E-state index contributed by atoms with van der Waals surface area (Å²) in [5.74, 6) is -0.0853. The molecule has 1 heterocycles. The van der Waals surface area contributed by atoms with E-state index in [-0.39, 0.29) is 35.0 Å². The van der Waals surface area contributed by atoms with Crippen LogP contribution < -0.4 is 4.72 Å². The van der Waals surface area contributed by atoms with Crippen LogP contribution in [0.4, 0.5) is 5.69 Å². The van der Waals surface area contributed by atoms with Gasteiger partial charge in [-0.25, -0.2) is 13.1 Å². The number of nitrogens with one attached hydrogen (secondary N) is 1. The molecule has 126 valence electrons. The predicted molar refractivity (Wildman–Crippen MR) is 83.2 cm³/mol. The van der Waals surface area contributed by atoms with Gasteiger partial charge in [0.05, 0.1) is 9.82 Å². The first-order valence-corrected chi connectivity index (χ1v) is 8.72. The Bertz CT molecular complexity index is 717. The number of carbonyl (C=O) groups is 1. The van der Waals surface area contributed by atoms with Crippen LogP contribution in [0.25, 0.3) is 0 Å². The second-order valence-corrected chi connectivity index (χ2v) is 7.58. The van der Waals surface area contributed by atoms with E-state index in [0.29, 0.717) is 13.0 Å². The highest BCUT2D eigenvalue weighted by Gasteiger charge is 2.32. The highest BCUT2D eigenvalue weighted by atomic mass is 32.2. The molecule has 1 aliphatic rings. The molecule has 1 fully saturated rings. The molecule has 0 aromatic heterocycles. The molecule has 23 heavy (non-hydrogen) atoms. The molecule has 0 radical (unpaired) electrons. The predicted octanol–water partition coefficient (Wildman–Crippen LogP) is 1.13. The maximum atomic E-state index is 12.2. The van der Waals surface area contributed by atoms with Crippen molar-refractivity contribution in [3.05, 3.63) is 34.4 Å². The second-order valence-electron chi connectivity index (χ2n) is 5.82. The zero-order chi connectivity index (χ0) is 17.2. The van der Waals surface area contributed by atoms with Crippen LogP contribution in [0.15, 0.2) is 29.2 Å². The lowest BCUT2D eigenvalue weighted by molar-refractivity contribution is -0.385. The maximum Gasteiger partial charge on any atom is 0.270 e. The first kappa shape index (κ1) is 17.4. The molecule has 1 aliphatic heterocycles. The Labute approximate surface area is 134 Å². The van der Waals surface area contributed by atoms with E-state index in [4.69, 9.17) is 0 Å². The molecule has 1 aromatic carbocycles. The molecule has 1 aromatic rings. The Morgan fingerprint density at radius 3 is 2.70 bits per heavy atom. The summed E-state index contributed by atoms with van der Waals surface area (Å²) >= 11 is 0. The molecule has 2 rings (SSSR count). The van der Waals surface area contributed by atoms with Gasteiger partial charge < -0.3 is 4.90 Å². The Morgan fingerprint density at radius 1 is 1.43 bits per heavy atom. The topological polar surface area (TPSA) is 110 Å². The summed E-state index contributed by atoms with van der Waals surface area (Å²) in [6.45, 7) is 4.45. The first-order chi connectivity index (χ1) is 10.7. The molecule has 9 heteroatoms. The van der Waals surface area contributed by atoms with Crippen molar-refractivity contribution in [3.8, 4) is 0 Å². The average molecular weight is 341 g/mol. The van der Waals surface area contributed by atoms with Gasteiger partial charge in [-0.05, 0) is 25.8 Å². The summed E-state index contributed by atoms with van der Waals surface area (Å²) in [4.78, 5) is 23.5. The van der Waals surface area contributed by atoms with Crippen LogP contribution in [0, 0.1) is 16.0 Å². The number of non-ortho nitro benzene ring substituents is 1. The van der Waals surface area contributed by atoms with E-state index in [1.54, 1.807) is 4.90 Å². The molecule has 1 N–H and O–H groups in total. The second kappa shape index (κ2) is 6.63. The Kier molecular flexibility index (Phi) is 5.00. The van der Waals surface area contributed by atoms with Crippen molar-refractivity contribution in [1.82, 2.24) is 9.62 Å². The lowest BCUT2D eigenvalue weighted by Crippen LogP contribution is -2.34. The highest BCUT2D eigenvalue weighted by molar-refractivity contribution is 7.89. The molecular formula is C14H19N3O5S. The van der Waals surface area contributed by atoms with Crippen molar-refractivity contribution < 1.29 is 18.1 Å². The third kappa shape index (κ3) is 4.05. The minimum absolute atomic E-state index is 0.0135. The van der Waals surface area contributed by atoms with Crippen molar-refractivity contribution in [2.45, 2.75) is 31.2 Å². The number of benzene rings is 1. The van der Waals surface area contributed by atoms with Gasteiger partial charge in [0, 0.05) is 37.7 Å². The molecule has 1 saturated heterocycles. The maximum absolute atomic E-state index is 12.2. The lowest BCUT2D eigenvalue weighted by Gasteiger charge is -2.21. The average Bonchev–Trinajstić information content (AvgIpc) is 2.87. The molecule has 0 aliphatic carbocycles. The largest absolute Gasteiger partial charge is 0.340 e. The summed E-state index contributed by atoms with van der Waals surface area (Å²) in [6.07, 6.45) is 0.301. The molecule has 1 amide bonds. The Balaban J connectivity index is 2.04. The van der Waals surface area contributed by atoms with Crippen LogP contribution in [0.1, 0.15) is 20.3 Å². The summed E-state index contributed by atoms with van der Waals surface area (Å²) in [6, 6.07) is 4.96. The van der Waals surface area contributed by atoms with E-state index in [9.17, 15) is 23.3 Å². The number of carbonyl (C=O) groups excluding carboxylic acids is 1. The smallest absolute Gasteiger partial charge is 0.270 e. The van der Waals surface area contributed by atoms with E-state index < -0.39 is 14.9 Å². The lowest BCUT2D eigenvalue weighted by atomic mass is 10.1. The van der Waals surface area contributed by atoms with Crippen LogP contribution in [0.2, 0.25) is 0 Å². The number of likely N-dealkylation sites (tertiary alicyclic amines) is 1. The van der Waals surface area contributed by atoms with Gasteiger partial charge in [-0.3, -0.25) is 14.9 Å². The van der Waals surface area contributed by atoms with Gasteiger partial charge in [0.15, 0.2) is 0 Å². The van der Waals surface area contributed by atoms with Crippen LogP contribution >= 0.6 is 0 Å².